The molecule has 0 bridgehead atoms. The van der Waals surface area contributed by atoms with Gasteiger partial charge in [-0.25, -0.2) is 0 Å². The van der Waals surface area contributed by atoms with Crippen LogP contribution in [-0.2, 0) is 0 Å². The second-order valence-electron chi connectivity index (χ2n) is 15.2. The van der Waals surface area contributed by atoms with Crippen LogP contribution in [-0.4, -0.2) is 55.1 Å². The van der Waals surface area contributed by atoms with Crippen molar-refractivity contribution in [2.75, 3.05) is 32.8 Å². The summed E-state index contributed by atoms with van der Waals surface area (Å²) in [6, 6.07) is 0.728. The lowest BCUT2D eigenvalue weighted by Gasteiger charge is -2.61. The van der Waals surface area contributed by atoms with Gasteiger partial charge in [-0.3, -0.25) is 0 Å². The molecule has 0 amide bonds. The van der Waals surface area contributed by atoms with E-state index in [4.69, 9.17) is 5.73 Å². The smallest absolute Gasteiger partial charge is 0.0587 e. The van der Waals surface area contributed by atoms with Gasteiger partial charge in [0, 0.05) is 18.6 Å². The monoisotopic (exact) mass is 548 g/mol. The molecule has 0 aliphatic heterocycles. The van der Waals surface area contributed by atoms with E-state index < -0.39 is 0 Å². The van der Waals surface area contributed by atoms with Crippen molar-refractivity contribution in [2.45, 2.75) is 130 Å². The van der Waals surface area contributed by atoms with Crippen LogP contribution in [0, 0.1) is 52.3 Å². The number of fused-ring (bicyclic) bond motifs is 5. The quantitative estimate of drug-likeness (QED) is 0.169. The van der Waals surface area contributed by atoms with Crippen LogP contribution in [0.3, 0.4) is 0 Å². The van der Waals surface area contributed by atoms with Gasteiger partial charge in [-0.2, -0.15) is 0 Å². The topological polar surface area (TPSA) is 90.5 Å². The highest BCUT2D eigenvalue weighted by Crippen LogP contribution is 2.68. The van der Waals surface area contributed by atoms with E-state index in [1.54, 1.807) is 0 Å². The van der Waals surface area contributed by atoms with Gasteiger partial charge in [0.2, 0.25) is 0 Å². The molecule has 4 fully saturated rings. The minimum Gasteiger partial charge on any atom is -0.396 e. The molecule has 5 heteroatoms. The summed E-state index contributed by atoms with van der Waals surface area (Å²) in [6.45, 7) is 14.1. The molecule has 4 rings (SSSR count). The Morgan fingerprint density at radius 1 is 0.846 bits per heavy atom. The van der Waals surface area contributed by atoms with Gasteiger partial charge in [-0.15, -0.1) is 0 Å². The van der Waals surface area contributed by atoms with Crippen molar-refractivity contribution in [3.05, 3.63) is 0 Å². The Morgan fingerprint density at radius 2 is 1.59 bits per heavy atom. The number of hydrogen-bond acceptors (Lipinski definition) is 5. The summed E-state index contributed by atoms with van der Waals surface area (Å²) in [5, 5.41) is 27.4. The summed E-state index contributed by atoms with van der Waals surface area (Å²) in [6.07, 6.45) is 18.0. The lowest BCUT2D eigenvalue weighted by molar-refractivity contribution is -0.118. The standard InChI is InChI=1S/C34H65N3O2/c1-24(8-13-32(39)25(2)23-38)29-11-12-30-28-10-9-26-22-27(37-21-7-20-36-19-6-5-18-35)14-16-33(26,3)31(28)15-17-34(29,30)4/h24-32,36-39H,5-23,35H2,1-4H3/t24?,25?,26?,27-,28?,29?,30?,31?,32?,33-,34+/m0/s1. The van der Waals surface area contributed by atoms with Gasteiger partial charge in [-0.1, -0.05) is 27.7 Å². The Hall–Kier alpha value is -0.200. The number of aliphatic hydroxyl groups is 2. The maximum absolute atomic E-state index is 10.5. The van der Waals surface area contributed by atoms with Crippen molar-refractivity contribution in [3.63, 3.8) is 0 Å². The molecule has 0 aromatic heterocycles. The third-order valence-electron chi connectivity index (χ3n) is 13.1. The molecule has 0 aromatic rings. The van der Waals surface area contributed by atoms with Crippen LogP contribution in [0.4, 0.5) is 0 Å². The first-order valence-corrected chi connectivity index (χ1v) is 17.2. The van der Waals surface area contributed by atoms with Crippen molar-refractivity contribution in [1.82, 2.24) is 10.6 Å². The van der Waals surface area contributed by atoms with Crippen LogP contribution in [0.2, 0.25) is 0 Å². The van der Waals surface area contributed by atoms with E-state index in [0.29, 0.717) is 16.7 Å². The summed E-state index contributed by atoms with van der Waals surface area (Å²) in [4.78, 5) is 0. The number of nitrogens with two attached hydrogens (primary N) is 1. The molecule has 0 aromatic carbocycles. The van der Waals surface area contributed by atoms with Gasteiger partial charge in [0.15, 0.2) is 0 Å². The van der Waals surface area contributed by atoms with E-state index in [0.717, 1.165) is 81.1 Å². The molecular weight excluding hydrogens is 482 g/mol. The fourth-order valence-electron chi connectivity index (χ4n) is 10.5. The van der Waals surface area contributed by atoms with E-state index >= 15 is 0 Å². The largest absolute Gasteiger partial charge is 0.396 e. The fourth-order valence-corrected chi connectivity index (χ4v) is 10.5. The molecule has 0 spiro atoms. The number of nitrogens with one attached hydrogen (secondary N) is 2. The minimum atomic E-state index is -0.360. The highest BCUT2D eigenvalue weighted by Gasteiger charge is 2.60. The van der Waals surface area contributed by atoms with Gasteiger partial charge in [0.1, 0.15) is 0 Å². The predicted molar refractivity (Wildman–Crippen MR) is 163 cm³/mol. The third-order valence-corrected chi connectivity index (χ3v) is 13.1. The molecule has 5 nitrogen and oxygen atoms in total. The zero-order chi connectivity index (χ0) is 28.0. The SMILES string of the molecule is CC(CO)C(O)CCC(C)C1CCC2C3CCC4C[C@@H](NCCCNCCCCN)CC[C@]4(C)C3CC[C@]12C. The molecule has 4 saturated carbocycles. The summed E-state index contributed by atoms with van der Waals surface area (Å²) >= 11 is 0. The number of unbranched alkanes of at least 4 members (excludes halogenated alkanes) is 1. The van der Waals surface area contributed by atoms with Crippen molar-refractivity contribution < 1.29 is 10.2 Å². The highest BCUT2D eigenvalue weighted by atomic mass is 16.3. The van der Waals surface area contributed by atoms with Crippen LogP contribution in [0.5, 0.6) is 0 Å². The van der Waals surface area contributed by atoms with E-state index in [2.05, 4.69) is 31.4 Å². The molecule has 39 heavy (non-hydrogen) atoms. The average Bonchev–Trinajstić information content (AvgIpc) is 3.29. The maximum Gasteiger partial charge on any atom is 0.0587 e. The summed E-state index contributed by atoms with van der Waals surface area (Å²) < 4.78 is 0. The molecule has 0 saturated heterocycles. The van der Waals surface area contributed by atoms with Crippen LogP contribution < -0.4 is 16.4 Å². The minimum absolute atomic E-state index is 0.00523. The highest BCUT2D eigenvalue weighted by molar-refractivity contribution is 5.10. The van der Waals surface area contributed by atoms with Gasteiger partial charge in [-0.05, 0) is 162 Å². The average molecular weight is 548 g/mol. The first-order valence-electron chi connectivity index (χ1n) is 17.2. The van der Waals surface area contributed by atoms with Crippen molar-refractivity contribution >= 4 is 0 Å². The molecule has 11 atom stereocenters. The summed E-state index contributed by atoms with van der Waals surface area (Å²) in [5.41, 5.74) is 6.64. The van der Waals surface area contributed by atoms with E-state index in [1.165, 1.54) is 70.6 Å². The Bertz CT molecular complexity index is 735. The lowest BCUT2D eigenvalue weighted by Crippen LogP contribution is -2.55. The van der Waals surface area contributed by atoms with E-state index in [9.17, 15) is 10.2 Å². The lowest BCUT2D eigenvalue weighted by atomic mass is 9.44. The molecule has 0 radical (unpaired) electrons. The molecule has 4 aliphatic carbocycles. The van der Waals surface area contributed by atoms with E-state index in [-0.39, 0.29) is 18.6 Å². The van der Waals surface area contributed by atoms with Gasteiger partial charge >= 0.3 is 0 Å². The number of aliphatic hydroxyl groups excluding tert-OH is 2. The summed E-state index contributed by atoms with van der Waals surface area (Å²) in [5.74, 6) is 5.18. The van der Waals surface area contributed by atoms with Crippen LogP contribution in [0.1, 0.15) is 118 Å². The summed E-state index contributed by atoms with van der Waals surface area (Å²) in [7, 11) is 0. The second kappa shape index (κ2) is 14.3. The Labute approximate surface area is 241 Å². The first kappa shape index (κ1) is 31.7. The normalized spacial score (nSPS) is 40.4. The van der Waals surface area contributed by atoms with Crippen molar-refractivity contribution in [3.8, 4) is 0 Å². The van der Waals surface area contributed by atoms with Gasteiger partial charge < -0.3 is 26.6 Å². The molecule has 6 N–H and O–H groups in total. The first-order chi connectivity index (χ1) is 18.7. The molecule has 228 valence electrons. The zero-order valence-electron chi connectivity index (χ0n) is 26.1. The fraction of sp³-hybridized carbons (Fsp3) is 1.00. The molecule has 0 heterocycles. The zero-order valence-corrected chi connectivity index (χ0v) is 26.1. The van der Waals surface area contributed by atoms with Crippen molar-refractivity contribution in [1.29, 1.82) is 0 Å². The molecule has 8 unspecified atom stereocenters. The van der Waals surface area contributed by atoms with E-state index in [1.807, 2.05) is 6.92 Å². The van der Waals surface area contributed by atoms with Crippen molar-refractivity contribution in [2.24, 2.45) is 58.0 Å². The van der Waals surface area contributed by atoms with Crippen LogP contribution >= 0.6 is 0 Å². The molecule has 4 aliphatic rings. The predicted octanol–water partition coefficient (Wildman–Crippen LogP) is 5.73. The van der Waals surface area contributed by atoms with Crippen LogP contribution in [0.15, 0.2) is 0 Å². The Morgan fingerprint density at radius 3 is 2.36 bits per heavy atom. The van der Waals surface area contributed by atoms with Gasteiger partial charge in [0.25, 0.3) is 0 Å². The maximum atomic E-state index is 10.5. The molecular formula is C34H65N3O2. The number of hydrogen-bond donors (Lipinski definition) is 5. The third kappa shape index (κ3) is 7.07. The Balaban J connectivity index is 1.26. The Kier molecular flexibility index (Phi) is 11.6. The van der Waals surface area contributed by atoms with Crippen LogP contribution in [0.25, 0.3) is 0 Å². The number of rotatable bonds is 15. The van der Waals surface area contributed by atoms with Gasteiger partial charge in [0.05, 0.1) is 6.10 Å². The second-order valence-corrected chi connectivity index (χ2v) is 15.2.